The van der Waals surface area contributed by atoms with Gasteiger partial charge in [0.2, 0.25) is 11.2 Å². The smallest absolute Gasteiger partial charge is 0.253 e. The fraction of sp³-hybridized carbons (Fsp3) is 0.167. The van der Waals surface area contributed by atoms with Crippen molar-refractivity contribution in [3.63, 3.8) is 0 Å². The average Bonchev–Trinajstić information content (AvgIpc) is 2.96. The van der Waals surface area contributed by atoms with Crippen molar-refractivity contribution in [3.8, 4) is 17.1 Å². The molecule has 110 valence electrons. The number of oxazole rings is 1. The third kappa shape index (κ3) is 2.25. The second kappa shape index (κ2) is 4.85. The molecule has 0 saturated carbocycles. The van der Waals surface area contributed by atoms with Crippen molar-refractivity contribution in [3.05, 3.63) is 30.0 Å². The van der Waals surface area contributed by atoms with Crippen LogP contribution in [0.25, 0.3) is 11.3 Å². The summed E-state index contributed by atoms with van der Waals surface area (Å²) in [4.78, 5) is 15.1. The lowest BCUT2D eigenvalue weighted by molar-refractivity contribution is -0.117. The number of nitrogens with one attached hydrogen (secondary N) is 1. The maximum atomic E-state index is 14.6. The number of anilines is 1. The Morgan fingerprint density at radius 1 is 1.52 bits per heavy atom. The molecule has 1 unspecified atom stereocenters. The van der Waals surface area contributed by atoms with Crippen LogP contribution >= 0.6 is 0 Å². The molecule has 0 spiro atoms. The predicted molar refractivity (Wildman–Crippen MR) is 71.9 cm³/mol. The third-order valence-electron chi connectivity index (χ3n) is 2.92. The summed E-state index contributed by atoms with van der Waals surface area (Å²) in [5, 5.41) is 9.83. The lowest BCUT2D eigenvalue weighted by Gasteiger charge is -2.17. The first-order chi connectivity index (χ1) is 9.97. The number of carbonyl (C=O) groups is 1. The zero-order chi connectivity index (χ0) is 15.1. The highest BCUT2D eigenvalue weighted by Crippen LogP contribution is 2.38. The molecule has 3 rings (SSSR count). The summed E-state index contributed by atoms with van der Waals surface area (Å²) in [7, 11) is 0. The maximum Gasteiger partial charge on any atom is 0.253 e. The third-order valence-corrected chi connectivity index (χ3v) is 4.03. The van der Waals surface area contributed by atoms with Gasteiger partial charge in [0.25, 0.3) is 5.91 Å². The molecule has 2 heterocycles. The van der Waals surface area contributed by atoms with E-state index in [9.17, 15) is 18.5 Å². The number of carbonyl (C=O) groups excluding carboxylic acids is 1. The molecule has 1 aromatic heterocycles. The molecule has 1 saturated heterocycles. The molecule has 1 aromatic carbocycles. The first kappa shape index (κ1) is 13.6. The van der Waals surface area contributed by atoms with E-state index in [0.717, 1.165) is 4.31 Å². The molecule has 1 fully saturated rings. The highest BCUT2D eigenvalue weighted by molar-refractivity contribution is 7.85. The van der Waals surface area contributed by atoms with Crippen LogP contribution < -0.4 is 9.03 Å². The molecule has 2 N–H and O–H groups in total. The average molecular weight is 311 g/mol. The SMILES string of the molecule is Cc1ncc(-c2ccc(O)c(N3CC(=O)NS3=O)c2F)o1. The second-order valence-electron chi connectivity index (χ2n) is 4.35. The van der Waals surface area contributed by atoms with E-state index in [-0.39, 0.29) is 23.6 Å². The number of aryl methyl sites for hydroxylation is 1. The van der Waals surface area contributed by atoms with Gasteiger partial charge in [0.1, 0.15) is 18.0 Å². The molecule has 0 radical (unpaired) electrons. The van der Waals surface area contributed by atoms with Crippen LogP contribution in [0.3, 0.4) is 0 Å². The Labute approximate surface area is 121 Å². The van der Waals surface area contributed by atoms with Gasteiger partial charge in [-0.3, -0.25) is 13.8 Å². The molecule has 0 bridgehead atoms. The van der Waals surface area contributed by atoms with Gasteiger partial charge >= 0.3 is 0 Å². The number of aromatic hydroxyl groups is 1. The normalized spacial score (nSPS) is 18.1. The van der Waals surface area contributed by atoms with E-state index in [0.29, 0.717) is 5.89 Å². The topological polar surface area (TPSA) is 95.7 Å². The summed E-state index contributed by atoms with van der Waals surface area (Å²) < 4.78 is 34.7. The van der Waals surface area contributed by atoms with E-state index in [1.165, 1.54) is 18.3 Å². The van der Waals surface area contributed by atoms with Crippen molar-refractivity contribution in [2.24, 2.45) is 0 Å². The monoisotopic (exact) mass is 311 g/mol. The summed E-state index contributed by atoms with van der Waals surface area (Å²) in [5.74, 6) is -1.24. The van der Waals surface area contributed by atoms with Crippen molar-refractivity contribution in [2.45, 2.75) is 6.92 Å². The zero-order valence-corrected chi connectivity index (χ0v) is 11.6. The Morgan fingerprint density at radius 2 is 2.29 bits per heavy atom. The summed E-state index contributed by atoms with van der Waals surface area (Å²) in [6.07, 6.45) is 1.35. The first-order valence-corrected chi connectivity index (χ1v) is 7.01. The van der Waals surface area contributed by atoms with Gasteiger partial charge in [0.15, 0.2) is 17.5 Å². The number of nitrogens with zero attached hydrogens (tertiary/aromatic N) is 2. The first-order valence-electron chi connectivity index (χ1n) is 5.90. The predicted octanol–water partition coefficient (Wildman–Crippen LogP) is 1.01. The minimum absolute atomic E-state index is 0.0553. The number of halogens is 1. The molecular weight excluding hydrogens is 301 g/mol. The van der Waals surface area contributed by atoms with Crippen LogP contribution in [0.2, 0.25) is 0 Å². The molecule has 1 aliphatic heterocycles. The molecule has 1 amide bonds. The Kier molecular flexibility index (Phi) is 3.13. The number of phenols is 1. The van der Waals surface area contributed by atoms with Crippen molar-refractivity contribution in [2.75, 3.05) is 10.8 Å². The summed E-state index contributed by atoms with van der Waals surface area (Å²) in [6.45, 7) is 1.30. The van der Waals surface area contributed by atoms with Crippen LogP contribution in [0.1, 0.15) is 5.89 Å². The van der Waals surface area contributed by atoms with Crippen LogP contribution in [0.4, 0.5) is 10.1 Å². The Bertz CT molecular complexity index is 761. The minimum atomic E-state index is -1.93. The Morgan fingerprint density at radius 3 is 2.86 bits per heavy atom. The Balaban J connectivity index is 2.13. The van der Waals surface area contributed by atoms with Crippen molar-refractivity contribution in [1.29, 1.82) is 0 Å². The fourth-order valence-corrected chi connectivity index (χ4v) is 2.95. The van der Waals surface area contributed by atoms with Gasteiger partial charge in [0, 0.05) is 6.92 Å². The van der Waals surface area contributed by atoms with Gasteiger partial charge in [-0.2, -0.15) is 0 Å². The number of rotatable bonds is 2. The highest BCUT2D eigenvalue weighted by Gasteiger charge is 2.32. The van der Waals surface area contributed by atoms with Crippen molar-refractivity contribution in [1.82, 2.24) is 9.71 Å². The summed E-state index contributed by atoms with van der Waals surface area (Å²) in [6, 6.07) is 2.56. The van der Waals surface area contributed by atoms with Crippen molar-refractivity contribution >= 4 is 22.8 Å². The number of hydrogen-bond donors (Lipinski definition) is 2. The van der Waals surface area contributed by atoms with E-state index in [2.05, 4.69) is 9.71 Å². The maximum absolute atomic E-state index is 14.6. The zero-order valence-electron chi connectivity index (χ0n) is 10.8. The quantitative estimate of drug-likeness (QED) is 0.863. The van der Waals surface area contributed by atoms with Gasteiger partial charge < -0.3 is 9.52 Å². The van der Waals surface area contributed by atoms with Crippen LogP contribution in [0.5, 0.6) is 5.75 Å². The summed E-state index contributed by atoms with van der Waals surface area (Å²) in [5.41, 5.74) is -0.266. The van der Waals surface area contributed by atoms with Crippen LogP contribution in [-0.4, -0.2) is 26.8 Å². The van der Waals surface area contributed by atoms with Gasteiger partial charge in [-0.25, -0.2) is 13.6 Å². The summed E-state index contributed by atoms with van der Waals surface area (Å²) >= 11 is -1.93. The van der Waals surface area contributed by atoms with E-state index in [1.54, 1.807) is 6.92 Å². The molecule has 1 atom stereocenters. The number of aromatic nitrogens is 1. The number of hydrogen-bond acceptors (Lipinski definition) is 5. The fourth-order valence-electron chi connectivity index (χ4n) is 2.00. The van der Waals surface area contributed by atoms with Gasteiger partial charge in [-0.05, 0) is 12.1 Å². The molecule has 21 heavy (non-hydrogen) atoms. The molecule has 0 aliphatic carbocycles. The van der Waals surface area contributed by atoms with E-state index >= 15 is 0 Å². The van der Waals surface area contributed by atoms with E-state index in [1.807, 2.05) is 0 Å². The van der Waals surface area contributed by atoms with E-state index in [4.69, 9.17) is 4.42 Å². The largest absolute Gasteiger partial charge is 0.506 e. The molecule has 1 aliphatic rings. The molecular formula is C12H10FN3O4S. The van der Waals surface area contributed by atoms with Crippen molar-refractivity contribution < 1.29 is 22.9 Å². The van der Waals surface area contributed by atoms with Gasteiger partial charge in [0.05, 0.1) is 11.8 Å². The van der Waals surface area contributed by atoms with Gasteiger partial charge in [-0.1, -0.05) is 0 Å². The molecule has 9 heteroatoms. The van der Waals surface area contributed by atoms with Crippen LogP contribution in [0, 0.1) is 12.7 Å². The Hall–Kier alpha value is -2.42. The van der Waals surface area contributed by atoms with Crippen LogP contribution in [0.15, 0.2) is 22.7 Å². The van der Waals surface area contributed by atoms with Crippen LogP contribution in [-0.2, 0) is 16.0 Å². The second-order valence-corrected chi connectivity index (χ2v) is 5.49. The van der Waals surface area contributed by atoms with Gasteiger partial charge in [-0.15, -0.1) is 0 Å². The minimum Gasteiger partial charge on any atom is -0.506 e. The lowest BCUT2D eigenvalue weighted by Crippen LogP contribution is -2.23. The number of phenolic OH excluding ortho intramolecular Hbond substituents is 1. The lowest BCUT2D eigenvalue weighted by atomic mass is 10.1. The molecule has 7 nitrogen and oxygen atoms in total. The van der Waals surface area contributed by atoms with E-state index < -0.39 is 28.6 Å². The molecule has 2 aromatic rings. The number of amides is 1. The number of benzene rings is 1. The highest BCUT2D eigenvalue weighted by atomic mass is 32.2. The standard InChI is InChI=1S/C12H10FN3O4S/c1-6-14-4-9(20-6)7-2-3-8(17)12(11(7)13)16-5-10(18)15-21(16)19/h2-4,17H,5H2,1H3,(H,15,18).